The Morgan fingerprint density at radius 2 is 2.38 bits per heavy atom. The summed E-state index contributed by atoms with van der Waals surface area (Å²) in [5, 5.41) is 4.14. The molecule has 4 nitrogen and oxygen atoms in total. The Morgan fingerprint density at radius 3 is 3.00 bits per heavy atom. The maximum atomic E-state index is 11.8. The van der Waals surface area contributed by atoms with Crippen molar-refractivity contribution in [1.82, 2.24) is 9.78 Å². The minimum absolute atomic E-state index is 0.145. The van der Waals surface area contributed by atoms with E-state index >= 15 is 0 Å². The Morgan fingerprint density at radius 1 is 1.62 bits per heavy atom. The molecule has 1 unspecified atom stereocenters. The van der Waals surface area contributed by atoms with Crippen LogP contribution in [0.4, 0.5) is 0 Å². The molecule has 0 aliphatic heterocycles. The number of hydrogen-bond donors (Lipinski definition) is 0. The van der Waals surface area contributed by atoms with Crippen LogP contribution in [0.3, 0.4) is 0 Å². The third-order valence-electron chi connectivity index (χ3n) is 2.39. The number of ether oxygens (including phenoxy) is 1. The Bertz CT molecular complexity index is 334. The van der Waals surface area contributed by atoms with Crippen LogP contribution in [0, 0.1) is 5.92 Å². The number of ketones is 1. The summed E-state index contributed by atoms with van der Waals surface area (Å²) in [4.78, 5) is 11.8. The number of carbonyl (C=O) groups excluding carboxylic acids is 1. The quantitative estimate of drug-likeness (QED) is 0.666. The molecule has 0 radical (unpaired) electrons. The van der Waals surface area contributed by atoms with Crippen LogP contribution in [-0.2, 0) is 11.3 Å². The van der Waals surface area contributed by atoms with Gasteiger partial charge in [0.1, 0.15) is 0 Å². The van der Waals surface area contributed by atoms with Gasteiger partial charge in [0.2, 0.25) is 0 Å². The molecule has 90 valence electrons. The second-order valence-electron chi connectivity index (χ2n) is 4.18. The molecular formula is C12H20N2O2. The molecule has 16 heavy (non-hydrogen) atoms. The zero-order chi connectivity index (χ0) is 12.0. The molecule has 0 N–H and O–H groups in total. The van der Waals surface area contributed by atoms with Gasteiger partial charge in [-0.15, -0.1) is 0 Å². The highest BCUT2D eigenvalue weighted by molar-refractivity contribution is 5.95. The van der Waals surface area contributed by atoms with Gasteiger partial charge in [-0.1, -0.05) is 13.8 Å². The molecule has 1 rings (SSSR count). The highest BCUT2D eigenvalue weighted by Gasteiger charge is 2.12. The van der Waals surface area contributed by atoms with Crippen molar-refractivity contribution in [3.63, 3.8) is 0 Å². The van der Waals surface area contributed by atoms with E-state index in [0.717, 1.165) is 13.0 Å². The average Bonchev–Trinajstić information content (AvgIpc) is 2.67. The van der Waals surface area contributed by atoms with Crippen LogP contribution < -0.4 is 0 Å². The Hall–Kier alpha value is -1.16. The van der Waals surface area contributed by atoms with Gasteiger partial charge in [0, 0.05) is 32.9 Å². The van der Waals surface area contributed by atoms with Crippen molar-refractivity contribution in [3.8, 4) is 0 Å². The number of nitrogens with zero attached hydrogens (tertiary/aromatic N) is 2. The van der Waals surface area contributed by atoms with E-state index in [9.17, 15) is 4.79 Å². The van der Waals surface area contributed by atoms with Crippen molar-refractivity contribution < 1.29 is 9.53 Å². The summed E-state index contributed by atoms with van der Waals surface area (Å²) in [5.41, 5.74) is 0.705. The number of aromatic nitrogens is 2. The molecule has 4 heteroatoms. The zero-order valence-corrected chi connectivity index (χ0v) is 10.3. The largest absolute Gasteiger partial charge is 0.384 e. The molecule has 0 fully saturated rings. The fourth-order valence-electron chi connectivity index (χ4n) is 1.64. The molecular weight excluding hydrogens is 204 g/mol. The highest BCUT2D eigenvalue weighted by atomic mass is 16.5. The summed E-state index contributed by atoms with van der Waals surface area (Å²) in [7, 11) is 1.65. The van der Waals surface area contributed by atoms with E-state index in [-0.39, 0.29) is 11.7 Å². The van der Waals surface area contributed by atoms with Gasteiger partial charge in [-0.25, -0.2) is 0 Å². The van der Waals surface area contributed by atoms with E-state index in [2.05, 4.69) is 12.0 Å². The second-order valence-corrected chi connectivity index (χ2v) is 4.18. The van der Waals surface area contributed by atoms with Crippen molar-refractivity contribution in [2.24, 2.45) is 5.92 Å². The maximum absolute atomic E-state index is 11.8. The minimum atomic E-state index is 0.145. The average molecular weight is 224 g/mol. The smallest absolute Gasteiger partial charge is 0.166 e. The highest BCUT2D eigenvalue weighted by Crippen LogP contribution is 2.09. The van der Waals surface area contributed by atoms with Gasteiger partial charge in [0.25, 0.3) is 0 Å². The SMILES string of the molecule is CCCn1cc(C(=O)CC(C)COC)cn1. The number of rotatable bonds is 7. The third kappa shape index (κ3) is 3.77. The first kappa shape index (κ1) is 12.9. The number of Topliss-reactive ketones (excluding diaryl/α,β-unsaturated/α-hetero) is 1. The van der Waals surface area contributed by atoms with Gasteiger partial charge in [-0.05, 0) is 12.3 Å². The van der Waals surface area contributed by atoms with Gasteiger partial charge in [0.15, 0.2) is 5.78 Å². The summed E-state index contributed by atoms with van der Waals surface area (Å²) in [6, 6.07) is 0. The molecule has 1 aromatic rings. The van der Waals surface area contributed by atoms with E-state index in [1.54, 1.807) is 13.3 Å². The lowest BCUT2D eigenvalue weighted by Crippen LogP contribution is -2.10. The molecule has 0 aliphatic rings. The van der Waals surface area contributed by atoms with Crippen LogP contribution in [0.15, 0.2) is 12.4 Å². The molecule has 0 amide bonds. The molecule has 0 saturated carbocycles. The lowest BCUT2D eigenvalue weighted by Gasteiger charge is -2.07. The molecule has 0 aromatic carbocycles. The van der Waals surface area contributed by atoms with Gasteiger partial charge in [0.05, 0.1) is 11.8 Å². The molecule has 0 spiro atoms. The summed E-state index contributed by atoms with van der Waals surface area (Å²) in [6.07, 6.45) is 5.02. The predicted octanol–water partition coefficient (Wildman–Crippen LogP) is 2.15. The summed E-state index contributed by atoms with van der Waals surface area (Å²) >= 11 is 0. The first-order valence-electron chi connectivity index (χ1n) is 5.72. The van der Waals surface area contributed by atoms with Gasteiger partial charge < -0.3 is 4.74 Å². The molecule has 1 heterocycles. The summed E-state index contributed by atoms with van der Waals surface area (Å²) in [6.45, 7) is 5.58. The minimum Gasteiger partial charge on any atom is -0.384 e. The topological polar surface area (TPSA) is 44.1 Å². The van der Waals surface area contributed by atoms with Crippen molar-refractivity contribution in [2.45, 2.75) is 33.2 Å². The number of aryl methyl sites for hydroxylation is 1. The van der Waals surface area contributed by atoms with E-state index in [0.29, 0.717) is 18.6 Å². The van der Waals surface area contributed by atoms with Crippen molar-refractivity contribution in [3.05, 3.63) is 18.0 Å². The Labute approximate surface area is 96.6 Å². The van der Waals surface area contributed by atoms with Gasteiger partial charge in [-0.2, -0.15) is 5.10 Å². The van der Waals surface area contributed by atoms with Crippen molar-refractivity contribution in [1.29, 1.82) is 0 Å². The van der Waals surface area contributed by atoms with Crippen LogP contribution in [0.25, 0.3) is 0 Å². The van der Waals surface area contributed by atoms with E-state index in [4.69, 9.17) is 4.74 Å². The number of carbonyl (C=O) groups is 1. The first-order valence-corrected chi connectivity index (χ1v) is 5.72. The summed E-state index contributed by atoms with van der Waals surface area (Å²) < 4.78 is 6.82. The van der Waals surface area contributed by atoms with Crippen molar-refractivity contribution >= 4 is 5.78 Å². The van der Waals surface area contributed by atoms with E-state index in [1.165, 1.54) is 0 Å². The van der Waals surface area contributed by atoms with E-state index in [1.807, 2.05) is 17.8 Å². The standard InChI is InChI=1S/C12H20N2O2/c1-4-5-14-8-11(7-13-14)12(15)6-10(2)9-16-3/h7-8,10H,4-6,9H2,1-3H3. The van der Waals surface area contributed by atoms with Gasteiger partial charge >= 0.3 is 0 Å². The molecule has 0 saturated heterocycles. The molecule has 1 aromatic heterocycles. The van der Waals surface area contributed by atoms with Crippen molar-refractivity contribution in [2.75, 3.05) is 13.7 Å². The normalized spacial score (nSPS) is 12.7. The van der Waals surface area contributed by atoms with Crippen LogP contribution in [-0.4, -0.2) is 29.3 Å². The van der Waals surface area contributed by atoms with Crippen LogP contribution >= 0.6 is 0 Å². The molecule has 1 atom stereocenters. The Balaban J connectivity index is 2.52. The van der Waals surface area contributed by atoms with Crippen LogP contribution in [0.2, 0.25) is 0 Å². The van der Waals surface area contributed by atoms with Gasteiger partial charge in [-0.3, -0.25) is 9.48 Å². The summed E-state index contributed by atoms with van der Waals surface area (Å²) in [5.74, 6) is 0.402. The maximum Gasteiger partial charge on any atom is 0.166 e. The zero-order valence-electron chi connectivity index (χ0n) is 10.3. The monoisotopic (exact) mass is 224 g/mol. The van der Waals surface area contributed by atoms with Crippen LogP contribution in [0.1, 0.15) is 37.0 Å². The lowest BCUT2D eigenvalue weighted by atomic mass is 10.0. The fraction of sp³-hybridized carbons (Fsp3) is 0.667. The third-order valence-corrected chi connectivity index (χ3v) is 2.39. The van der Waals surface area contributed by atoms with E-state index < -0.39 is 0 Å². The number of hydrogen-bond acceptors (Lipinski definition) is 3. The Kier molecular flexibility index (Phi) is 5.19. The van der Waals surface area contributed by atoms with Crippen LogP contribution in [0.5, 0.6) is 0 Å². The molecule has 0 aliphatic carbocycles. The number of methoxy groups -OCH3 is 1. The first-order chi connectivity index (χ1) is 7.67. The lowest BCUT2D eigenvalue weighted by molar-refractivity contribution is 0.0920. The predicted molar refractivity (Wildman–Crippen MR) is 62.5 cm³/mol. The fourth-order valence-corrected chi connectivity index (χ4v) is 1.64. The molecule has 0 bridgehead atoms. The second kappa shape index (κ2) is 6.43.